The summed E-state index contributed by atoms with van der Waals surface area (Å²) < 4.78 is 0. The van der Waals surface area contributed by atoms with Crippen LogP contribution in [0.1, 0.15) is 13.3 Å². The van der Waals surface area contributed by atoms with E-state index in [0.29, 0.717) is 6.42 Å². The van der Waals surface area contributed by atoms with Crippen molar-refractivity contribution in [3.05, 3.63) is 24.3 Å². The van der Waals surface area contributed by atoms with E-state index in [1.165, 1.54) is 11.8 Å². The zero-order chi connectivity index (χ0) is 15.2. The van der Waals surface area contributed by atoms with Crippen LogP contribution in [0.4, 0.5) is 5.69 Å². The van der Waals surface area contributed by atoms with Crippen LogP contribution in [0.15, 0.2) is 29.2 Å². The number of rotatable bonds is 5. The summed E-state index contributed by atoms with van der Waals surface area (Å²) >= 11 is 3.01. The van der Waals surface area contributed by atoms with Crippen molar-refractivity contribution in [2.45, 2.75) is 29.8 Å². The molecule has 0 spiro atoms. The van der Waals surface area contributed by atoms with E-state index < -0.39 is 0 Å². The molecule has 1 saturated heterocycles. The van der Waals surface area contributed by atoms with E-state index in [2.05, 4.69) is 16.0 Å². The minimum Gasteiger partial charge on any atom is -0.332 e. The van der Waals surface area contributed by atoms with Gasteiger partial charge in [0.05, 0.1) is 5.75 Å². The maximum absolute atomic E-state index is 11.9. The van der Waals surface area contributed by atoms with Crippen LogP contribution >= 0.6 is 23.5 Å². The van der Waals surface area contributed by atoms with Crippen LogP contribution in [-0.4, -0.2) is 35.4 Å². The van der Waals surface area contributed by atoms with E-state index in [9.17, 15) is 9.59 Å². The highest BCUT2D eigenvalue weighted by Gasteiger charge is 2.23. The molecule has 0 aromatic heterocycles. The first-order chi connectivity index (χ1) is 10.1. The van der Waals surface area contributed by atoms with Gasteiger partial charge in [-0.05, 0) is 31.4 Å². The topological polar surface area (TPSA) is 70.2 Å². The van der Waals surface area contributed by atoms with Gasteiger partial charge in [0, 0.05) is 23.0 Å². The maximum atomic E-state index is 11.9. The second-order valence-corrected chi connectivity index (χ2v) is 6.78. The molecule has 0 radical (unpaired) electrons. The van der Waals surface area contributed by atoms with Crippen molar-refractivity contribution in [1.82, 2.24) is 10.6 Å². The molecule has 1 heterocycles. The van der Waals surface area contributed by atoms with Crippen LogP contribution in [0.5, 0.6) is 0 Å². The second-order valence-electron chi connectivity index (χ2n) is 4.81. The molecule has 1 aromatic carbocycles. The Morgan fingerprint density at radius 2 is 2.29 bits per heavy atom. The molecule has 0 aliphatic carbocycles. The molecule has 1 aromatic rings. The lowest BCUT2D eigenvalue weighted by molar-refractivity contribution is -0.123. The average molecular weight is 325 g/mol. The number of anilines is 1. The lowest BCUT2D eigenvalue weighted by Gasteiger charge is -2.28. The Bertz CT molecular complexity index is 525. The highest BCUT2D eigenvalue weighted by atomic mass is 32.2. The highest BCUT2D eigenvalue weighted by molar-refractivity contribution is 8.00. The van der Waals surface area contributed by atoms with E-state index in [-0.39, 0.29) is 29.1 Å². The summed E-state index contributed by atoms with van der Waals surface area (Å²) in [4.78, 5) is 24.5. The van der Waals surface area contributed by atoms with Gasteiger partial charge in [-0.3, -0.25) is 14.9 Å². The predicted molar refractivity (Wildman–Crippen MR) is 88.5 cm³/mol. The molecule has 1 aliphatic rings. The van der Waals surface area contributed by atoms with Crippen molar-refractivity contribution in [2.75, 3.05) is 17.3 Å². The molecule has 1 aliphatic heterocycles. The van der Waals surface area contributed by atoms with Crippen LogP contribution in [0, 0.1) is 0 Å². The fourth-order valence-electron chi connectivity index (χ4n) is 1.99. The molecule has 21 heavy (non-hydrogen) atoms. The van der Waals surface area contributed by atoms with Crippen LogP contribution in [0.25, 0.3) is 0 Å². The molecule has 3 N–H and O–H groups in total. The van der Waals surface area contributed by atoms with Gasteiger partial charge in [0.1, 0.15) is 5.50 Å². The summed E-state index contributed by atoms with van der Waals surface area (Å²) in [5, 5.41) is 8.91. The molecule has 1 fully saturated rings. The molecular weight excluding hydrogens is 306 g/mol. The van der Waals surface area contributed by atoms with Crippen LogP contribution < -0.4 is 16.0 Å². The van der Waals surface area contributed by atoms with E-state index in [0.717, 1.165) is 10.6 Å². The fourth-order valence-corrected chi connectivity index (χ4v) is 3.38. The van der Waals surface area contributed by atoms with E-state index >= 15 is 0 Å². The quantitative estimate of drug-likeness (QED) is 0.721. The van der Waals surface area contributed by atoms with Crippen molar-refractivity contribution in [1.29, 1.82) is 0 Å². The van der Waals surface area contributed by atoms with Gasteiger partial charge in [-0.1, -0.05) is 6.07 Å². The molecular formula is C14H19N3O2S2. The predicted octanol–water partition coefficient (Wildman–Crippen LogP) is 1.86. The van der Waals surface area contributed by atoms with Gasteiger partial charge in [0.2, 0.25) is 11.8 Å². The summed E-state index contributed by atoms with van der Waals surface area (Å²) in [6.45, 7) is 1.96. The molecule has 5 nitrogen and oxygen atoms in total. The number of hydrogen-bond donors (Lipinski definition) is 3. The minimum atomic E-state index is -0.204. The summed E-state index contributed by atoms with van der Waals surface area (Å²) in [6.07, 6.45) is 2.47. The Labute approximate surface area is 133 Å². The Kier molecular flexibility index (Phi) is 5.96. The van der Waals surface area contributed by atoms with E-state index in [4.69, 9.17) is 0 Å². The van der Waals surface area contributed by atoms with Crippen molar-refractivity contribution < 1.29 is 9.59 Å². The minimum absolute atomic E-state index is 0.0202. The number of benzene rings is 1. The number of nitrogens with one attached hydrogen (secondary N) is 3. The van der Waals surface area contributed by atoms with Gasteiger partial charge in [0.15, 0.2) is 0 Å². The smallest absolute Gasteiger partial charge is 0.234 e. The van der Waals surface area contributed by atoms with Crippen LogP contribution in [0.2, 0.25) is 0 Å². The SMILES string of the molecule is CSc1cccc(NC(=O)CSC2NC(=O)CC(C)N2)c1. The molecule has 2 unspecified atom stereocenters. The van der Waals surface area contributed by atoms with Gasteiger partial charge in [-0.25, -0.2) is 0 Å². The van der Waals surface area contributed by atoms with Gasteiger partial charge < -0.3 is 10.6 Å². The Morgan fingerprint density at radius 1 is 1.48 bits per heavy atom. The van der Waals surface area contributed by atoms with Gasteiger partial charge in [-0.2, -0.15) is 0 Å². The first-order valence-corrected chi connectivity index (χ1v) is 8.95. The lowest BCUT2D eigenvalue weighted by Crippen LogP contribution is -2.53. The average Bonchev–Trinajstić information content (AvgIpc) is 2.44. The summed E-state index contributed by atoms with van der Waals surface area (Å²) in [5.41, 5.74) is 0.589. The third-order valence-electron chi connectivity index (χ3n) is 2.95. The highest BCUT2D eigenvalue weighted by Crippen LogP contribution is 2.19. The number of carbonyl (C=O) groups excluding carboxylic acids is 2. The second kappa shape index (κ2) is 7.72. The van der Waals surface area contributed by atoms with Crippen molar-refractivity contribution in [3.63, 3.8) is 0 Å². The van der Waals surface area contributed by atoms with Crippen LogP contribution in [-0.2, 0) is 9.59 Å². The van der Waals surface area contributed by atoms with Gasteiger partial charge in [0.25, 0.3) is 0 Å². The maximum Gasteiger partial charge on any atom is 0.234 e. The molecule has 2 amide bonds. The van der Waals surface area contributed by atoms with E-state index in [1.807, 2.05) is 37.4 Å². The molecule has 114 valence electrons. The third kappa shape index (κ3) is 5.26. The monoisotopic (exact) mass is 325 g/mol. The molecule has 2 rings (SSSR count). The first kappa shape index (κ1) is 16.2. The molecule has 7 heteroatoms. The Balaban J connectivity index is 1.80. The lowest BCUT2D eigenvalue weighted by atomic mass is 10.2. The summed E-state index contributed by atoms with van der Waals surface area (Å²) in [6, 6.07) is 7.86. The third-order valence-corrected chi connectivity index (χ3v) is 4.70. The zero-order valence-corrected chi connectivity index (χ0v) is 13.6. The number of amides is 2. The van der Waals surface area contributed by atoms with Crippen molar-refractivity contribution in [3.8, 4) is 0 Å². The Hall–Kier alpha value is -1.18. The van der Waals surface area contributed by atoms with E-state index in [1.54, 1.807) is 11.8 Å². The largest absolute Gasteiger partial charge is 0.332 e. The van der Waals surface area contributed by atoms with Gasteiger partial charge >= 0.3 is 0 Å². The summed E-state index contributed by atoms with van der Waals surface area (Å²) in [5.74, 6) is 0.230. The van der Waals surface area contributed by atoms with Crippen LogP contribution in [0.3, 0.4) is 0 Å². The molecule has 0 saturated carbocycles. The fraction of sp³-hybridized carbons (Fsp3) is 0.429. The standard InChI is InChI=1S/C14H19N3O2S2/c1-9-6-12(18)17-14(15-9)21-8-13(19)16-10-4-3-5-11(7-10)20-2/h3-5,7,9,14-15H,6,8H2,1-2H3,(H,16,19)(H,17,18). The number of thioether (sulfide) groups is 2. The normalized spacial score (nSPS) is 21.7. The zero-order valence-electron chi connectivity index (χ0n) is 12.0. The number of hydrogen-bond acceptors (Lipinski definition) is 5. The molecule has 0 bridgehead atoms. The summed E-state index contributed by atoms with van der Waals surface area (Å²) in [7, 11) is 0. The van der Waals surface area contributed by atoms with Crippen molar-refractivity contribution >= 4 is 41.0 Å². The van der Waals surface area contributed by atoms with Gasteiger partial charge in [-0.15, -0.1) is 23.5 Å². The molecule has 2 atom stereocenters. The first-order valence-electron chi connectivity index (χ1n) is 6.68. The van der Waals surface area contributed by atoms with Crippen molar-refractivity contribution in [2.24, 2.45) is 0 Å². The Morgan fingerprint density at radius 3 is 3.00 bits per heavy atom. The number of carbonyl (C=O) groups is 2.